The van der Waals surface area contributed by atoms with Crippen molar-refractivity contribution in [1.29, 1.82) is 0 Å². The third kappa shape index (κ3) is 3.98. The summed E-state index contributed by atoms with van der Waals surface area (Å²) in [5.74, 6) is -0.144. The van der Waals surface area contributed by atoms with Crippen LogP contribution in [0.4, 0.5) is 0 Å². The lowest BCUT2D eigenvalue weighted by Crippen LogP contribution is -2.30. The van der Waals surface area contributed by atoms with Gasteiger partial charge in [-0.2, -0.15) is 0 Å². The van der Waals surface area contributed by atoms with Gasteiger partial charge < -0.3 is 9.88 Å². The smallest absolute Gasteiger partial charge is 0.254 e. The van der Waals surface area contributed by atoms with Crippen molar-refractivity contribution in [1.82, 2.24) is 19.9 Å². The fourth-order valence-corrected chi connectivity index (χ4v) is 1.89. The summed E-state index contributed by atoms with van der Waals surface area (Å²) < 4.78 is 0. The highest BCUT2D eigenvalue weighted by molar-refractivity contribution is 5.78. The number of nitrogens with zero attached hydrogens (tertiary/aromatic N) is 3. The second-order valence-electron chi connectivity index (χ2n) is 4.84. The standard InChI is InChI=1S/C15H18N4O2/c1-3-11-4-5-13(17-7-11)9-19(2)14(20)6-12-8-16-10-18-15(12)21/h4-5,7-8,10H,3,6,9H2,1-2H3,(H,16,18,21). The normalized spacial score (nSPS) is 10.4. The zero-order chi connectivity index (χ0) is 15.2. The van der Waals surface area contributed by atoms with Crippen molar-refractivity contribution < 1.29 is 4.79 Å². The van der Waals surface area contributed by atoms with Gasteiger partial charge in [0.1, 0.15) is 0 Å². The number of carbonyl (C=O) groups excluding carboxylic acids is 1. The van der Waals surface area contributed by atoms with E-state index in [2.05, 4.69) is 21.9 Å². The van der Waals surface area contributed by atoms with Crippen molar-refractivity contribution in [3.63, 3.8) is 0 Å². The van der Waals surface area contributed by atoms with Crippen LogP contribution in [-0.2, 0) is 24.2 Å². The molecule has 0 bridgehead atoms. The van der Waals surface area contributed by atoms with Crippen LogP contribution < -0.4 is 5.56 Å². The first kappa shape index (κ1) is 14.9. The van der Waals surface area contributed by atoms with E-state index in [1.807, 2.05) is 18.3 Å². The minimum Gasteiger partial charge on any atom is -0.340 e. The molecule has 6 heteroatoms. The molecule has 0 unspecified atom stereocenters. The molecule has 1 N–H and O–H groups in total. The predicted octanol–water partition coefficient (Wildman–Crippen LogP) is 0.928. The van der Waals surface area contributed by atoms with E-state index in [9.17, 15) is 9.59 Å². The van der Waals surface area contributed by atoms with E-state index in [0.29, 0.717) is 12.1 Å². The first-order valence-corrected chi connectivity index (χ1v) is 6.79. The number of hydrogen-bond donors (Lipinski definition) is 1. The molecule has 0 fully saturated rings. The molecule has 0 aliphatic carbocycles. The maximum atomic E-state index is 12.1. The van der Waals surface area contributed by atoms with Gasteiger partial charge in [0.25, 0.3) is 5.56 Å². The number of hydrogen-bond acceptors (Lipinski definition) is 4. The lowest BCUT2D eigenvalue weighted by atomic mass is 10.2. The lowest BCUT2D eigenvalue weighted by Gasteiger charge is -2.16. The number of nitrogens with one attached hydrogen (secondary N) is 1. The molecule has 6 nitrogen and oxygen atoms in total. The van der Waals surface area contributed by atoms with E-state index < -0.39 is 0 Å². The van der Waals surface area contributed by atoms with Crippen LogP contribution in [0.3, 0.4) is 0 Å². The fourth-order valence-electron chi connectivity index (χ4n) is 1.89. The van der Waals surface area contributed by atoms with E-state index in [0.717, 1.165) is 17.7 Å². The molecule has 2 rings (SSSR count). The van der Waals surface area contributed by atoms with E-state index in [4.69, 9.17) is 0 Å². The Morgan fingerprint density at radius 3 is 2.76 bits per heavy atom. The van der Waals surface area contributed by atoms with Gasteiger partial charge >= 0.3 is 0 Å². The molecule has 0 aliphatic heterocycles. The number of amides is 1. The van der Waals surface area contributed by atoms with Gasteiger partial charge in [-0.15, -0.1) is 0 Å². The molecular formula is C15H18N4O2. The molecule has 0 aromatic carbocycles. The van der Waals surface area contributed by atoms with Crippen molar-refractivity contribution in [2.75, 3.05) is 7.05 Å². The molecule has 2 heterocycles. The Kier molecular flexibility index (Phi) is 4.81. The summed E-state index contributed by atoms with van der Waals surface area (Å²) in [5.41, 5.74) is 2.07. The third-order valence-electron chi connectivity index (χ3n) is 3.25. The number of rotatable bonds is 5. The molecule has 0 spiro atoms. The minimum atomic E-state index is -0.280. The van der Waals surface area contributed by atoms with E-state index in [1.54, 1.807) is 11.9 Å². The minimum absolute atomic E-state index is 0.0344. The van der Waals surface area contributed by atoms with Crippen molar-refractivity contribution in [2.45, 2.75) is 26.3 Å². The third-order valence-corrected chi connectivity index (χ3v) is 3.25. The van der Waals surface area contributed by atoms with Gasteiger partial charge in [-0.3, -0.25) is 14.6 Å². The van der Waals surface area contributed by atoms with Crippen LogP contribution in [0, 0.1) is 0 Å². The van der Waals surface area contributed by atoms with Crippen molar-refractivity contribution in [3.05, 3.63) is 58.0 Å². The van der Waals surface area contributed by atoms with E-state index >= 15 is 0 Å². The molecule has 0 saturated heterocycles. The van der Waals surface area contributed by atoms with Gasteiger partial charge in [-0.1, -0.05) is 13.0 Å². The number of pyridine rings is 1. The van der Waals surface area contributed by atoms with Crippen LogP contribution in [-0.4, -0.2) is 32.8 Å². The molecule has 0 radical (unpaired) electrons. The average molecular weight is 286 g/mol. The highest BCUT2D eigenvalue weighted by Crippen LogP contribution is 2.05. The molecule has 0 saturated carbocycles. The van der Waals surface area contributed by atoms with Gasteiger partial charge in [-0.25, -0.2) is 4.98 Å². The van der Waals surface area contributed by atoms with Crippen molar-refractivity contribution in [3.8, 4) is 0 Å². The summed E-state index contributed by atoms with van der Waals surface area (Å²) in [5, 5.41) is 0. The second-order valence-corrected chi connectivity index (χ2v) is 4.84. The number of aromatic amines is 1. The Hall–Kier alpha value is -2.50. The van der Waals surface area contributed by atoms with Crippen LogP contribution in [0.1, 0.15) is 23.7 Å². The Balaban J connectivity index is 1.99. The summed E-state index contributed by atoms with van der Waals surface area (Å²) in [7, 11) is 1.70. The summed E-state index contributed by atoms with van der Waals surface area (Å²) in [6.07, 6.45) is 5.51. The summed E-state index contributed by atoms with van der Waals surface area (Å²) in [6, 6.07) is 3.92. The summed E-state index contributed by atoms with van der Waals surface area (Å²) >= 11 is 0. The first-order chi connectivity index (χ1) is 10.1. The molecule has 2 aromatic heterocycles. The van der Waals surface area contributed by atoms with Gasteiger partial charge in [0.2, 0.25) is 5.91 Å². The SMILES string of the molecule is CCc1ccc(CN(C)C(=O)Cc2cnc[nH]c2=O)nc1. The van der Waals surface area contributed by atoms with E-state index in [-0.39, 0.29) is 17.9 Å². The molecule has 21 heavy (non-hydrogen) atoms. The molecular weight excluding hydrogens is 268 g/mol. The monoisotopic (exact) mass is 286 g/mol. The number of likely N-dealkylation sites (N-methyl/N-ethyl adjacent to an activating group) is 1. The topological polar surface area (TPSA) is 79.0 Å². The zero-order valence-corrected chi connectivity index (χ0v) is 12.2. The zero-order valence-electron chi connectivity index (χ0n) is 12.2. The molecule has 1 amide bonds. The molecule has 110 valence electrons. The average Bonchev–Trinajstić information content (AvgIpc) is 2.50. The van der Waals surface area contributed by atoms with Gasteiger partial charge in [0.05, 0.1) is 25.0 Å². The van der Waals surface area contributed by atoms with Crippen LogP contribution in [0.5, 0.6) is 0 Å². The second kappa shape index (κ2) is 6.78. The number of aryl methyl sites for hydroxylation is 1. The Morgan fingerprint density at radius 2 is 2.14 bits per heavy atom. The Labute approximate surface area is 122 Å². The van der Waals surface area contributed by atoms with Crippen LogP contribution in [0.25, 0.3) is 0 Å². The highest BCUT2D eigenvalue weighted by atomic mass is 16.2. The Bertz CT molecular complexity index is 664. The largest absolute Gasteiger partial charge is 0.340 e. The molecule has 0 atom stereocenters. The maximum Gasteiger partial charge on any atom is 0.254 e. The lowest BCUT2D eigenvalue weighted by molar-refractivity contribution is -0.129. The highest BCUT2D eigenvalue weighted by Gasteiger charge is 2.13. The quantitative estimate of drug-likeness (QED) is 0.886. The Morgan fingerprint density at radius 1 is 1.33 bits per heavy atom. The number of aromatic nitrogens is 3. The van der Waals surface area contributed by atoms with E-state index in [1.165, 1.54) is 12.5 Å². The van der Waals surface area contributed by atoms with Crippen molar-refractivity contribution >= 4 is 5.91 Å². The van der Waals surface area contributed by atoms with Gasteiger partial charge in [-0.05, 0) is 18.1 Å². The summed E-state index contributed by atoms with van der Waals surface area (Å²) in [6.45, 7) is 2.48. The van der Waals surface area contributed by atoms with Crippen LogP contribution in [0.15, 0.2) is 35.6 Å². The molecule has 2 aromatic rings. The first-order valence-electron chi connectivity index (χ1n) is 6.79. The van der Waals surface area contributed by atoms with Crippen molar-refractivity contribution in [2.24, 2.45) is 0 Å². The maximum absolute atomic E-state index is 12.1. The van der Waals surface area contributed by atoms with Crippen LogP contribution in [0.2, 0.25) is 0 Å². The number of carbonyl (C=O) groups is 1. The molecule has 0 aliphatic rings. The van der Waals surface area contributed by atoms with Gasteiger partial charge in [0.15, 0.2) is 0 Å². The van der Waals surface area contributed by atoms with Gasteiger partial charge in [0, 0.05) is 25.0 Å². The van der Waals surface area contributed by atoms with Crippen LogP contribution >= 0.6 is 0 Å². The fraction of sp³-hybridized carbons (Fsp3) is 0.333. The summed E-state index contributed by atoms with van der Waals surface area (Å²) in [4.78, 5) is 35.8. The number of H-pyrrole nitrogens is 1. The predicted molar refractivity (Wildman–Crippen MR) is 78.7 cm³/mol.